The molecule has 0 aliphatic carbocycles. The van der Waals surface area contributed by atoms with Gasteiger partial charge in [-0.25, -0.2) is 9.30 Å². The van der Waals surface area contributed by atoms with Crippen molar-refractivity contribution >= 4 is 11.9 Å². The Hall–Kier alpha value is -4.21. The van der Waals surface area contributed by atoms with Gasteiger partial charge in [0.15, 0.2) is 17.4 Å². The summed E-state index contributed by atoms with van der Waals surface area (Å²) in [4.78, 5) is 26.6. The number of aromatic nitrogens is 2. The molecule has 10 heteroatoms. The molecule has 3 aromatic rings. The molecular formula is C27H30N2O8. The minimum atomic E-state index is -1.50. The molecule has 196 valence electrons. The standard InChI is InChI=1S/C27H30N2O8/c1-15-16(2)29(33)24(28(15)14-17-10-8-7-9-11-17)21(22-25(31)36-27(3,4)37-26(22)32)18-12-19(34-5)23(30)20(13-18)35-6/h7-13,21-22,30H,14H2,1-6H3/t21-/m1/s1. The Bertz CT molecular complexity index is 1300. The van der Waals surface area contributed by atoms with Gasteiger partial charge >= 0.3 is 11.9 Å². The van der Waals surface area contributed by atoms with Crippen LogP contribution in [0.15, 0.2) is 42.5 Å². The topological polar surface area (TPSA) is 123 Å². The van der Waals surface area contributed by atoms with E-state index in [1.807, 2.05) is 30.3 Å². The molecule has 1 fully saturated rings. The minimum Gasteiger partial charge on any atom is -0.711 e. The monoisotopic (exact) mass is 510 g/mol. The zero-order valence-electron chi connectivity index (χ0n) is 21.6. The number of esters is 2. The van der Waals surface area contributed by atoms with E-state index in [1.165, 1.54) is 40.2 Å². The molecule has 1 aliphatic heterocycles. The number of phenolic OH excluding ortho intramolecular Hbond substituents is 1. The van der Waals surface area contributed by atoms with Crippen LogP contribution in [-0.4, -0.2) is 41.6 Å². The fraction of sp³-hybridized carbons (Fsp3) is 0.370. The van der Waals surface area contributed by atoms with Gasteiger partial charge in [0.25, 0.3) is 11.6 Å². The second kappa shape index (κ2) is 9.68. The Morgan fingerprint density at radius 2 is 1.59 bits per heavy atom. The smallest absolute Gasteiger partial charge is 0.324 e. The van der Waals surface area contributed by atoms with Crippen molar-refractivity contribution in [3.05, 3.63) is 76.0 Å². The maximum absolute atomic E-state index is 13.7. The Kier molecular flexibility index (Phi) is 6.77. The van der Waals surface area contributed by atoms with Crippen molar-refractivity contribution in [2.45, 2.75) is 45.9 Å². The molecule has 0 spiro atoms. The number of methoxy groups -OCH3 is 2. The highest BCUT2D eigenvalue weighted by molar-refractivity contribution is 5.98. The average molecular weight is 511 g/mol. The summed E-state index contributed by atoms with van der Waals surface area (Å²) in [6.07, 6.45) is 0. The van der Waals surface area contributed by atoms with Crippen LogP contribution < -0.4 is 14.2 Å². The van der Waals surface area contributed by atoms with E-state index in [4.69, 9.17) is 18.9 Å². The molecule has 0 bridgehead atoms. The summed E-state index contributed by atoms with van der Waals surface area (Å²) in [5.41, 5.74) is 2.31. The van der Waals surface area contributed by atoms with E-state index in [1.54, 1.807) is 18.4 Å². The second-order valence-corrected chi connectivity index (χ2v) is 9.37. The van der Waals surface area contributed by atoms with Gasteiger partial charge in [0, 0.05) is 27.7 Å². The van der Waals surface area contributed by atoms with E-state index in [-0.39, 0.29) is 23.1 Å². The van der Waals surface area contributed by atoms with Gasteiger partial charge in [0.1, 0.15) is 23.9 Å². The summed E-state index contributed by atoms with van der Waals surface area (Å²) in [7, 11) is 2.72. The van der Waals surface area contributed by atoms with Crippen molar-refractivity contribution in [3.8, 4) is 17.2 Å². The second-order valence-electron chi connectivity index (χ2n) is 9.37. The third-order valence-corrected chi connectivity index (χ3v) is 6.57. The van der Waals surface area contributed by atoms with Crippen molar-refractivity contribution in [3.63, 3.8) is 0 Å². The molecule has 1 N–H and O–H groups in total. The highest BCUT2D eigenvalue weighted by atomic mass is 16.7. The number of carbonyl (C=O) groups excluding carboxylic acids is 2. The van der Waals surface area contributed by atoms with E-state index in [9.17, 15) is 19.9 Å². The maximum Gasteiger partial charge on any atom is 0.324 e. The van der Waals surface area contributed by atoms with Crippen LogP contribution in [0.5, 0.6) is 17.2 Å². The largest absolute Gasteiger partial charge is 0.711 e. The number of hydrogen-bond donors (Lipinski definition) is 1. The molecule has 0 saturated carbocycles. The van der Waals surface area contributed by atoms with Crippen molar-refractivity contribution < 1.29 is 38.4 Å². The first-order valence-corrected chi connectivity index (χ1v) is 11.7. The number of aromatic hydroxyl groups is 1. The molecule has 1 aromatic heterocycles. The van der Waals surface area contributed by atoms with Gasteiger partial charge in [-0.05, 0) is 23.3 Å². The fourth-order valence-electron chi connectivity index (χ4n) is 4.64. The molecule has 2 heterocycles. The van der Waals surface area contributed by atoms with Gasteiger partial charge in [0.2, 0.25) is 5.75 Å². The van der Waals surface area contributed by atoms with E-state index in [0.717, 1.165) is 10.3 Å². The number of benzene rings is 2. The molecule has 10 nitrogen and oxygen atoms in total. The number of carbonyl (C=O) groups is 2. The SMILES string of the molecule is COc1cc([C@@H](c2n(Cc3ccccc3)c(C)c(C)[n+]2[O-])C2C(=O)OC(C)(C)OC2=O)cc(OC)c1O. The van der Waals surface area contributed by atoms with Gasteiger partial charge in [-0.3, -0.25) is 9.59 Å². The quantitative estimate of drug-likeness (QED) is 0.223. The Balaban J connectivity index is 2.00. The number of hydrogen-bond acceptors (Lipinski definition) is 8. The fourth-order valence-corrected chi connectivity index (χ4v) is 4.64. The summed E-state index contributed by atoms with van der Waals surface area (Å²) < 4.78 is 24.0. The minimum absolute atomic E-state index is 0.0456. The first-order valence-electron chi connectivity index (χ1n) is 11.7. The first kappa shape index (κ1) is 25.9. The Morgan fingerprint density at radius 3 is 2.11 bits per heavy atom. The number of ether oxygens (including phenoxy) is 4. The lowest BCUT2D eigenvalue weighted by atomic mass is 9.83. The van der Waals surface area contributed by atoms with Crippen LogP contribution >= 0.6 is 0 Å². The van der Waals surface area contributed by atoms with E-state index in [2.05, 4.69) is 0 Å². The van der Waals surface area contributed by atoms with Crippen LogP contribution in [0.2, 0.25) is 0 Å². The lowest BCUT2D eigenvalue weighted by molar-refractivity contribution is -0.621. The van der Waals surface area contributed by atoms with Crippen LogP contribution in [0.25, 0.3) is 0 Å². The lowest BCUT2D eigenvalue weighted by Gasteiger charge is -2.35. The van der Waals surface area contributed by atoms with Crippen LogP contribution in [0, 0.1) is 25.0 Å². The molecule has 1 aliphatic rings. The highest BCUT2D eigenvalue weighted by Crippen LogP contribution is 2.44. The van der Waals surface area contributed by atoms with Crippen LogP contribution in [0.4, 0.5) is 0 Å². The maximum atomic E-state index is 13.7. The highest BCUT2D eigenvalue weighted by Gasteiger charge is 2.52. The number of cyclic esters (lactones) is 2. The molecule has 0 radical (unpaired) electrons. The molecule has 1 saturated heterocycles. The third-order valence-electron chi connectivity index (χ3n) is 6.57. The molecule has 2 aromatic carbocycles. The lowest BCUT2D eigenvalue weighted by Crippen LogP contribution is -2.50. The van der Waals surface area contributed by atoms with Gasteiger partial charge in [-0.2, -0.15) is 0 Å². The van der Waals surface area contributed by atoms with Crippen molar-refractivity contribution in [1.29, 1.82) is 0 Å². The zero-order valence-corrected chi connectivity index (χ0v) is 21.6. The molecular weight excluding hydrogens is 480 g/mol. The molecule has 37 heavy (non-hydrogen) atoms. The Morgan fingerprint density at radius 1 is 1.05 bits per heavy atom. The Labute approximate surface area is 214 Å². The predicted octanol–water partition coefficient (Wildman–Crippen LogP) is 3.09. The van der Waals surface area contributed by atoms with E-state index in [0.29, 0.717) is 23.5 Å². The summed E-state index contributed by atoms with van der Waals surface area (Å²) in [5.74, 6) is -5.82. The zero-order chi connectivity index (χ0) is 27.1. The summed E-state index contributed by atoms with van der Waals surface area (Å²) >= 11 is 0. The van der Waals surface area contributed by atoms with Crippen LogP contribution in [-0.2, 0) is 25.6 Å². The predicted molar refractivity (Wildman–Crippen MR) is 131 cm³/mol. The summed E-state index contributed by atoms with van der Waals surface area (Å²) in [6, 6.07) is 12.4. The van der Waals surface area contributed by atoms with Gasteiger partial charge in [-0.1, -0.05) is 30.3 Å². The molecule has 0 amide bonds. The van der Waals surface area contributed by atoms with Crippen molar-refractivity contribution in [1.82, 2.24) is 4.57 Å². The normalized spacial score (nSPS) is 16.2. The molecule has 1 atom stereocenters. The van der Waals surface area contributed by atoms with Gasteiger partial charge < -0.3 is 29.3 Å². The van der Waals surface area contributed by atoms with Gasteiger partial charge in [-0.15, -0.1) is 0 Å². The third kappa shape index (κ3) is 4.66. The van der Waals surface area contributed by atoms with Gasteiger partial charge in [0.05, 0.1) is 14.2 Å². The van der Waals surface area contributed by atoms with Crippen molar-refractivity contribution in [2.24, 2.45) is 5.92 Å². The number of phenols is 1. The number of imidazole rings is 1. The summed E-state index contributed by atoms with van der Waals surface area (Å²) in [6.45, 7) is 6.69. The first-order chi connectivity index (χ1) is 17.5. The van der Waals surface area contributed by atoms with Crippen LogP contribution in [0.1, 0.15) is 48.1 Å². The average Bonchev–Trinajstić information content (AvgIpc) is 3.05. The molecule has 4 rings (SSSR count). The van der Waals surface area contributed by atoms with E-state index < -0.39 is 29.6 Å². The summed E-state index contributed by atoms with van der Waals surface area (Å²) in [5, 5.41) is 24.1. The van der Waals surface area contributed by atoms with E-state index >= 15 is 0 Å². The number of rotatable bonds is 7. The van der Waals surface area contributed by atoms with Crippen LogP contribution in [0.3, 0.4) is 0 Å². The van der Waals surface area contributed by atoms with Crippen molar-refractivity contribution in [2.75, 3.05) is 14.2 Å². The number of nitrogens with zero attached hydrogens (tertiary/aromatic N) is 2. The molecule has 0 unspecified atom stereocenters.